The van der Waals surface area contributed by atoms with Crippen molar-refractivity contribution in [3.63, 3.8) is 0 Å². The van der Waals surface area contributed by atoms with E-state index >= 15 is 0 Å². The Kier molecular flexibility index (Phi) is 17.5. The number of hydrogen-bond acceptors (Lipinski definition) is 14. The Morgan fingerprint density at radius 1 is 0.667 bits per heavy atom. The van der Waals surface area contributed by atoms with Crippen molar-refractivity contribution in [1.29, 1.82) is 0 Å². The van der Waals surface area contributed by atoms with Crippen molar-refractivity contribution in [1.82, 2.24) is 10.3 Å². The number of hydrogen-bond donors (Lipinski definition) is 15. The van der Waals surface area contributed by atoms with Gasteiger partial charge in [-0.25, -0.2) is 0 Å². The molecule has 0 radical (unpaired) electrons. The minimum Gasteiger partial charge on any atom is -0.504 e. The van der Waals surface area contributed by atoms with E-state index in [1.165, 1.54) is 48.5 Å². The van der Waals surface area contributed by atoms with Crippen molar-refractivity contribution in [3.05, 3.63) is 107 Å². The van der Waals surface area contributed by atoms with E-state index in [0.29, 0.717) is 29.7 Å². The molecule has 5 aromatic rings. The van der Waals surface area contributed by atoms with Crippen LogP contribution >= 0.6 is 0 Å². The number of likely N-dealkylation sites (N-methyl/N-ethyl adjacent to an activating group) is 1. The summed E-state index contributed by atoms with van der Waals surface area (Å²) in [5.74, 6) is -3.44. The van der Waals surface area contributed by atoms with Crippen LogP contribution in [0.5, 0.6) is 34.5 Å². The highest BCUT2D eigenvalue weighted by Crippen LogP contribution is 2.29. The van der Waals surface area contributed by atoms with Gasteiger partial charge in [0.2, 0.25) is 0 Å². The van der Waals surface area contributed by atoms with Gasteiger partial charge in [-0.3, -0.25) is 9.59 Å². The van der Waals surface area contributed by atoms with Crippen LogP contribution in [0.2, 0.25) is 0 Å². The average Bonchev–Trinajstić information content (AvgIpc) is 3.55. The zero-order valence-corrected chi connectivity index (χ0v) is 29.2. The molecule has 1 heterocycles. The minimum absolute atomic E-state index is 0.0875. The molecule has 5 rings (SSSR count). The van der Waals surface area contributed by atoms with E-state index in [9.17, 15) is 19.8 Å². The molecule has 0 saturated carbocycles. The lowest BCUT2D eigenvalue weighted by molar-refractivity contribution is -0.139. The monoisotopic (exact) mass is 753 g/mol. The average molecular weight is 754 g/mol. The lowest BCUT2D eigenvalue weighted by atomic mass is 10.1. The van der Waals surface area contributed by atoms with Crippen LogP contribution in [0.3, 0.4) is 0 Å². The molecule has 0 saturated heterocycles. The van der Waals surface area contributed by atoms with Gasteiger partial charge in [-0.05, 0) is 78.2 Å². The number of aliphatic hydroxyl groups is 2. The molecule has 18 N–H and O–H groups in total. The molecule has 0 bridgehead atoms. The number of phenolic OH excluding ortho intramolecular Hbond substituents is 6. The molecule has 17 nitrogen and oxygen atoms in total. The number of nitrogens with one attached hydrogen (secondary N) is 2. The van der Waals surface area contributed by atoms with Gasteiger partial charge in [0.15, 0.2) is 34.5 Å². The molecule has 17 heteroatoms. The number of nitrogens with two attached hydrogens (primary N) is 3. The molecule has 1 unspecified atom stereocenters. The Morgan fingerprint density at radius 2 is 1.15 bits per heavy atom. The first-order chi connectivity index (χ1) is 25.5. The van der Waals surface area contributed by atoms with Crippen LogP contribution in [0.4, 0.5) is 0 Å². The number of H-pyrrole nitrogens is 1. The first kappa shape index (κ1) is 44.1. The molecular formula is C37H47N5O12. The fourth-order valence-corrected chi connectivity index (χ4v) is 4.60. The third-order valence-corrected chi connectivity index (χ3v) is 7.63. The maximum Gasteiger partial charge on any atom is 0.320 e. The van der Waals surface area contributed by atoms with Crippen LogP contribution in [0, 0.1) is 0 Å². The van der Waals surface area contributed by atoms with Crippen molar-refractivity contribution >= 4 is 22.8 Å². The quantitative estimate of drug-likeness (QED) is 0.0852. The normalized spacial score (nSPS) is 12.7. The van der Waals surface area contributed by atoms with Crippen LogP contribution < -0.4 is 22.5 Å². The molecule has 4 atom stereocenters. The van der Waals surface area contributed by atoms with Gasteiger partial charge in [0, 0.05) is 36.6 Å². The Labute approximate surface area is 309 Å². The Hall–Kier alpha value is -6.08. The van der Waals surface area contributed by atoms with E-state index in [1.54, 1.807) is 13.1 Å². The summed E-state index contributed by atoms with van der Waals surface area (Å²) in [6, 6.07) is 18.4. The van der Waals surface area contributed by atoms with Gasteiger partial charge < -0.3 is 78.6 Å². The van der Waals surface area contributed by atoms with E-state index in [-0.39, 0.29) is 47.5 Å². The number of carbonyl (C=O) groups is 2. The van der Waals surface area contributed by atoms with Crippen LogP contribution in [-0.2, 0) is 22.4 Å². The molecule has 0 aliphatic heterocycles. The lowest BCUT2D eigenvalue weighted by Gasteiger charge is -2.10. The number of phenols is 6. The molecule has 4 aromatic carbocycles. The fourth-order valence-electron chi connectivity index (χ4n) is 4.60. The number of aromatic amines is 1. The molecule has 0 fully saturated rings. The van der Waals surface area contributed by atoms with Gasteiger partial charge in [-0.1, -0.05) is 36.4 Å². The number of rotatable bonds is 11. The Morgan fingerprint density at radius 3 is 1.63 bits per heavy atom. The van der Waals surface area contributed by atoms with Crippen LogP contribution in [-0.4, -0.2) is 100 Å². The maximum atomic E-state index is 10.6. The third kappa shape index (κ3) is 13.8. The number of aliphatic hydroxyl groups excluding tert-OH is 2. The number of fused-ring (bicyclic) bond motifs is 1. The second kappa shape index (κ2) is 21.4. The number of carboxylic acids is 2. The number of aromatic hydroxyl groups is 6. The van der Waals surface area contributed by atoms with E-state index in [0.717, 1.165) is 16.5 Å². The number of para-hydroxylation sites is 1. The SMILES string of the molecule is CNC[C@H](O)c1ccc(O)c(O)c1.NC(Cc1c[nH]c2ccccc12)C(=O)O.NC[C@H](O)c1ccc(O)c(O)c1.N[C@@H](Cc1ccc(O)c(O)c1)C(=O)O. The van der Waals surface area contributed by atoms with Gasteiger partial charge in [0.25, 0.3) is 0 Å². The summed E-state index contributed by atoms with van der Waals surface area (Å²) in [5.41, 5.74) is 19.6. The largest absolute Gasteiger partial charge is 0.504 e. The summed E-state index contributed by atoms with van der Waals surface area (Å²) in [6.07, 6.45) is 0.809. The number of carboxylic acid groups (broad SMARTS) is 2. The van der Waals surface area contributed by atoms with Crippen molar-refractivity contribution in [3.8, 4) is 34.5 Å². The van der Waals surface area contributed by atoms with Crippen molar-refractivity contribution < 1.29 is 60.7 Å². The van der Waals surface area contributed by atoms with Crippen LogP contribution in [0.1, 0.15) is 34.5 Å². The van der Waals surface area contributed by atoms with Gasteiger partial charge in [-0.15, -0.1) is 0 Å². The highest BCUT2D eigenvalue weighted by Gasteiger charge is 2.15. The first-order valence-electron chi connectivity index (χ1n) is 16.3. The minimum atomic E-state index is -1.10. The molecule has 292 valence electrons. The Bertz CT molecular complexity index is 1950. The summed E-state index contributed by atoms with van der Waals surface area (Å²) in [7, 11) is 1.73. The number of aromatic nitrogens is 1. The first-order valence-corrected chi connectivity index (χ1v) is 16.3. The van der Waals surface area contributed by atoms with Crippen LogP contribution in [0.15, 0.2) is 85.1 Å². The molecule has 0 amide bonds. The topological polar surface area (TPSA) is 342 Å². The maximum absolute atomic E-state index is 10.6. The zero-order chi connectivity index (χ0) is 40.5. The molecule has 0 spiro atoms. The molecule has 1 aromatic heterocycles. The fraction of sp³-hybridized carbons (Fsp3) is 0.243. The number of benzene rings is 4. The van der Waals surface area contributed by atoms with E-state index < -0.39 is 36.2 Å². The standard InChI is InChI=1S/C11H12N2O2.C9H11NO4.C9H13NO3.C8H11NO3/c12-9(11(14)15)5-7-6-13-10-4-2-1-3-8(7)10;10-6(9(13)14)3-5-1-2-7(11)8(12)4-5;1-10-5-9(13)6-2-3-7(11)8(12)4-6;9-4-8(12)5-1-2-6(10)7(11)3-5/h1-4,6,9,13H,5,12H2,(H,14,15);1-2,4,6,11-12H,3,10H2,(H,13,14);2-4,9-13H,5H2,1H3;1-3,8,10-12H,4,9H2/t;6-;9-;8-/m.000/s1. The highest BCUT2D eigenvalue weighted by molar-refractivity contribution is 5.84. The number of aliphatic carboxylic acids is 2. The summed E-state index contributed by atoms with van der Waals surface area (Å²) >= 11 is 0. The summed E-state index contributed by atoms with van der Waals surface area (Å²) in [6.45, 7) is 0.494. The van der Waals surface area contributed by atoms with E-state index in [1.807, 2.05) is 30.5 Å². The molecular weight excluding hydrogens is 706 g/mol. The van der Waals surface area contributed by atoms with Gasteiger partial charge in [-0.2, -0.15) is 0 Å². The van der Waals surface area contributed by atoms with Crippen LogP contribution in [0.25, 0.3) is 10.9 Å². The zero-order valence-electron chi connectivity index (χ0n) is 29.2. The van der Waals surface area contributed by atoms with Crippen molar-refractivity contribution in [2.45, 2.75) is 37.1 Å². The molecule has 0 aliphatic rings. The summed E-state index contributed by atoms with van der Waals surface area (Å²) in [5, 5.41) is 94.0. The second-order valence-electron chi connectivity index (χ2n) is 11.8. The predicted octanol–water partition coefficient (Wildman–Crippen LogP) is 1.61. The third-order valence-electron chi connectivity index (χ3n) is 7.63. The van der Waals surface area contributed by atoms with Gasteiger partial charge in [0.1, 0.15) is 12.1 Å². The highest BCUT2D eigenvalue weighted by atomic mass is 16.4. The molecule has 54 heavy (non-hydrogen) atoms. The van der Waals surface area contributed by atoms with Crippen molar-refractivity contribution in [2.24, 2.45) is 17.2 Å². The van der Waals surface area contributed by atoms with Crippen molar-refractivity contribution in [2.75, 3.05) is 20.1 Å². The predicted molar refractivity (Wildman–Crippen MR) is 199 cm³/mol. The summed E-state index contributed by atoms with van der Waals surface area (Å²) < 4.78 is 0. The lowest BCUT2D eigenvalue weighted by Crippen LogP contribution is -2.32. The van der Waals surface area contributed by atoms with Gasteiger partial charge in [0.05, 0.1) is 12.2 Å². The second-order valence-corrected chi connectivity index (χ2v) is 11.8. The smallest absolute Gasteiger partial charge is 0.320 e. The Balaban J connectivity index is 0.000000250. The molecule has 0 aliphatic carbocycles. The van der Waals surface area contributed by atoms with Gasteiger partial charge >= 0.3 is 11.9 Å². The van der Waals surface area contributed by atoms with E-state index in [4.69, 9.17) is 58.1 Å². The summed E-state index contributed by atoms with van der Waals surface area (Å²) in [4.78, 5) is 24.1. The van der Waals surface area contributed by atoms with E-state index in [2.05, 4.69) is 10.3 Å².